The Bertz CT molecular complexity index is 474. The summed E-state index contributed by atoms with van der Waals surface area (Å²) in [7, 11) is 4.40. The zero-order valence-corrected chi connectivity index (χ0v) is 11.3. The summed E-state index contributed by atoms with van der Waals surface area (Å²) in [5.41, 5.74) is 6.50. The molecule has 0 aliphatic carbocycles. The van der Waals surface area contributed by atoms with Gasteiger partial charge in [0, 0.05) is 13.6 Å². The third kappa shape index (κ3) is 3.61. The predicted molar refractivity (Wildman–Crippen MR) is 71.0 cm³/mol. The molecule has 2 N–H and O–H groups in total. The van der Waals surface area contributed by atoms with Gasteiger partial charge in [0.25, 0.3) is 5.91 Å². The third-order valence-corrected chi connectivity index (χ3v) is 2.74. The lowest BCUT2D eigenvalue weighted by molar-refractivity contribution is -0.140. The summed E-state index contributed by atoms with van der Waals surface area (Å²) in [6.45, 7) is 0.266. The van der Waals surface area contributed by atoms with E-state index in [0.717, 1.165) is 0 Å². The van der Waals surface area contributed by atoms with E-state index >= 15 is 0 Å². The van der Waals surface area contributed by atoms with Crippen LogP contribution in [0.4, 0.5) is 5.69 Å². The van der Waals surface area contributed by atoms with Crippen LogP contribution in [0.3, 0.4) is 0 Å². The molecule has 1 aromatic carbocycles. The molecule has 6 nitrogen and oxygen atoms in total. The van der Waals surface area contributed by atoms with E-state index in [1.165, 1.54) is 19.1 Å². The van der Waals surface area contributed by atoms with Crippen LogP contribution in [0.5, 0.6) is 5.75 Å². The molecular weight excluding hydrogens is 248 g/mol. The summed E-state index contributed by atoms with van der Waals surface area (Å²) in [6.07, 6.45) is 0.141. The average Bonchev–Trinajstić information content (AvgIpc) is 2.43. The van der Waals surface area contributed by atoms with Crippen molar-refractivity contribution in [1.82, 2.24) is 4.90 Å². The van der Waals surface area contributed by atoms with E-state index in [2.05, 4.69) is 4.74 Å². The lowest BCUT2D eigenvalue weighted by Gasteiger charge is -2.18. The number of nitrogen functional groups attached to an aromatic ring is 1. The van der Waals surface area contributed by atoms with E-state index in [4.69, 9.17) is 10.5 Å². The van der Waals surface area contributed by atoms with Crippen LogP contribution >= 0.6 is 0 Å². The Labute approximate surface area is 112 Å². The molecule has 0 fully saturated rings. The summed E-state index contributed by atoms with van der Waals surface area (Å²) >= 11 is 0. The fourth-order valence-electron chi connectivity index (χ4n) is 1.58. The van der Waals surface area contributed by atoms with Crippen molar-refractivity contribution in [2.45, 2.75) is 6.42 Å². The van der Waals surface area contributed by atoms with E-state index in [1.54, 1.807) is 25.2 Å². The number of ether oxygens (including phenoxy) is 2. The second-order valence-electron chi connectivity index (χ2n) is 3.97. The number of anilines is 1. The Morgan fingerprint density at radius 1 is 1.32 bits per heavy atom. The highest BCUT2D eigenvalue weighted by Gasteiger charge is 2.17. The molecule has 1 amide bonds. The van der Waals surface area contributed by atoms with Crippen molar-refractivity contribution < 1.29 is 19.1 Å². The molecule has 0 radical (unpaired) electrons. The Hall–Kier alpha value is -2.24. The van der Waals surface area contributed by atoms with Gasteiger partial charge in [0.05, 0.1) is 31.9 Å². The van der Waals surface area contributed by atoms with Crippen LogP contribution < -0.4 is 10.5 Å². The van der Waals surface area contributed by atoms with Crippen molar-refractivity contribution in [2.75, 3.05) is 33.5 Å². The highest BCUT2D eigenvalue weighted by molar-refractivity contribution is 6.00. The molecule has 1 rings (SSSR count). The molecule has 19 heavy (non-hydrogen) atoms. The summed E-state index contributed by atoms with van der Waals surface area (Å²) in [4.78, 5) is 24.6. The zero-order chi connectivity index (χ0) is 14.4. The highest BCUT2D eigenvalue weighted by atomic mass is 16.5. The normalized spacial score (nSPS) is 9.84. The first-order valence-corrected chi connectivity index (χ1v) is 5.76. The second-order valence-corrected chi connectivity index (χ2v) is 3.97. The minimum atomic E-state index is -0.363. The SMILES string of the molecule is COC(=O)CCN(C)C(=O)c1cccc(OC)c1N. The van der Waals surface area contributed by atoms with Crippen molar-refractivity contribution >= 4 is 17.6 Å². The Kier molecular flexibility index (Phi) is 5.17. The third-order valence-electron chi connectivity index (χ3n) is 2.74. The van der Waals surface area contributed by atoms with Gasteiger partial charge in [0.15, 0.2) is 0 Å². The number of carbonyl (C=O) groups excluding carboxylic acids is 2. The number of rotatable bonds is 5. The van der Waals surface area contributed by atoms with Gasteiger partial charge in [-0.1, -0.05) is 6.07 Å². The number of hydrogen-bond acceptors (Lipinski definition) is 5. The van der Waals surface area contributed by atoms with Crippen molar-refractivity contribution in [3.63, 3.8) is 0 Å². The lowest BCUT2D eigenvalue weighted by Crippen LogP contribution is -2.30. The monoisotopic (exact) mass is 266 g/mol. The van der Waals surface area contributed by atoms with Crippen LogP contribution in [0.15, 0.2) is 18.2 Å². The number of amides is 1. The summed E-state index contributed by atoms with van der Waals surface area (Å²) < 4.78 is 9.59. The maximum absolute atomic E-state index is 12.2. The van der Waals surface area contributed by atoms with Gasteiger partial charge < -0.3 is 20.1 Å². The van der Waals surface area contributed by atoms with Gasteiger partial charge >= 0.3 is 5.97 Å². The molecule has 0 aromatic heterocycles. The van der Waals surface area contributed by atoms with E-state index in [0.29, 0.717) is 17.0 Å². The first-order valence-electron chi connectivity index (χ1n) is 5.76. The second kappa shape index (κ2) is 6.63. The van der Waals surface area contributed by atoms with Gasteiger partial charge in [-0.3, -0.25) is 9.59 Å². The number of esters is 1. The molecule has 6 heteroatoms. The molecule has 0 heterocycles. The number of carbonyl (C=O) groups is 2. The van der Waals surface area contributed by atoms with E-state index in [1.807, 2.05) is 0 Å². The van der Waals surface area contributed by atoms with Gasteiger partial charge in [-0.2, -0.15) is 0 Å². The number of nitrogens with two attached hydrogens (primary N) is 1. The topological polar surface area (TPSA) is 81.9 Å². The van der Waals surface area contributed by atoms with Gasteiger partial charge in [0.1, 0.15) is 5.75 Å². The summed E-state index contributed by atoms with van der Waals surface area (Å²) in [5, 5.41) is 0. The standard InChI is InChI=1S/C13H18N2O4/c1-15(8-7-11(16)19-3)13(17)9-5-4-6-10(18-2)12(9)14/h4-6H,7-8,14H2,1-3H3. The Morgan fingerprint density at radius 3 is 2.58 bits per heavy atom. The molecule has 0 saturated heterocycles. The minimum absolute atomic E-state index is 0.141. The molecule has 0 saturated carbocycles. The zero-order valence-electron chi connectivity index (χ0n) is 11.3. The van der Waals surface area contributed by atoms with E-state index in [9.17, 15) is 9.59 Å². The van der Waals surface area contributed by atoms with Crippen LogP contribution in [0.25, 0.3) is 0 Å². The highest BCUT2D eigenvalue weighted by Crippen LogP contribution is 2.25. The number of para-hydroxylation sites is 1. The van der Waals surface area contributed by atoms with E-state index in [-0.39, 0.29) is 24.8 Å². The molecule has 0 unspecified atom stereocenters. The molecule has 0 bridgehead atoms. The maximum Gasteiger partial charge on any atom is 0.307 e. The molecule has 0 aliphatic heterocycles. The van der Waals surface area contributed by atoms with Crippen LogP contribution in [0.2, 0.25) is 0 Å². The Morgan fingerprint density at radius 2 is 2.00 bits per heavy atom. The van der Waals surface area contributed by atoms with Crippen molar-refractivity contribution in [3.8, 4) is 5.75 Å². The van der Waals surface area contributed by atoms with Crippen molar-refractivity contribution in [2.24, 2.45) is 0 Å². The van der Waals surface area contributed by atoms with Crippen LogP contribution in [-0.4, -0.2) is 44.6 Å². The smallest absolute Gasteiger partial charge is 0.307 e. The number of benzene rings is 1. The molecule has 104 valence electrons. The first kappa shape index (κ1) is 14.8. The van der Waals surface area contributed by atoms with Gasteiger partial charge in [0.2, 0.25) is 0 Å². The molecule has 1 aromatic rings. The fourth-order valence-corrected chi connectivity index (χ4v) is 1.58. The maximum atomic E-state index is 12.2. The lowest BCUT2D eigenvalue weighted by atomic mass is 10.1. The van der Waals surface area contributed by atoms with Gasteiger partial charge in [-0.05, 0) is 12.1 Å². The molecule has 0 aliphatic rings. The quantitative estimate of drug-likeness (QED) is 0.633. The average molecular weight is 266 g/mol. The molecule has 0 spiro atoms. The molecular formula is C13H18N2O4. The summed E-state index contributed by atoms with van der Waals surface area (Å²) in [5.74, 6) is -0.175. The van der Waals surface area contributed by atoms with Crippen LogP contribution in [-0.2, 0) is 9.53 Å². The first-order chi connectivity index (χ1) is 9.01. The number of hydrogen-bond donors (Lipinski definition) is 1. The van der Waals surface area contributed by atoms with Gasteiger partial charge in [-0.15, -0.1) is 0 Å². The van der Waals surface area contributed by atoms with Crippen molar-refractivity contribution in [3.05, 3.63) is 23.8 Å². The van der Waals surface area contributed by atoms with Crippen molar-refractivity contribution in [1.29, 1.82) is 0 Å². The number of methoxy groups -OCH3 is 2. The predicted octanol–water partition coefficient (Wildman–Crippen LogP) is 0.912. The minimum Gasteiger partial charge on any atom is -0.495 e. The Balaban J connectivity index is 2.80. The summed E-state index contributed by atoms with van der Waals surface area (Å²) in [6, 6.07) is 4.99. The van der Waals surface area contributed by atoms with Crippen LogP contribution in [0, 0.1) is 0 Å². The fraction of sp³-hybridized carbons (Fsp3) is 0.385. The van der Waals surface area contributed by atoms with Crippen LogP contribution in [0.1, 0.15) is 16.8 Å². The van der Waals surface area contributed by atoms with Gasteiger partial charge in [-0.25, -0.2) is 0 Å². The van der Waals surface area contributed by atoms with E-state index < -0.39 is 0 Å². The largest absolute Gasteiger partial charge is 0.495 e. The number of nitrogens with zero attached hydrogens (tertiary/aromatic N) is 1. The molecule has 0 atom stereocenters.